The van der Waals surface area contributed by atoms with Crippen LogP contribution in [0.5, 0.6) is 0 Å². The predicted molar refractivity (Wildman–Crippen MR) is 110 cm³/mol. The molecule has 2 unspecified atom stereocenters. The summed E-state index contributed by atoms with van der Waals surface area (Å²) in [6.07, 6.45) is 16.2. The van der Waals surface area contributed by atoms with Crippen molar-refractivity contribution in [1.82, 2.24) is 4.90 Å². The lowest BCUT2D eigenvalue weighted by atomic mass is 9.87. The van der Waals surface area contributed by atoms with Gasteiger partial charge in [0.2, 0.25) is 5.91 Å². The average Bonchev–Trinajstić information content (AvgIpc) is 2.67. The summed E-state index contributed by atoms with van der Waals surface area (Å²) in [4.78, 5) is 15.6. The summed E-state index contributed by atoms with van der Waals surface area (Å²) >= 11 is 0. The fourth-order valence-corrected chi connectivity index (χ4v) is 4.32. The highest BCUT2D eigenvalue weighted by atomic mass is 16.2. The minimum atomic E-state index is 0.320. The summed E-state index contributed by atoms with van der Waals surface area (Å²) in [6.45, 7) is 11.2. The first-order valence-electron chi connectivity index (χ1n) is 11.4. The largest absolute Gasteiger partial charge is 0.342 e. The van der Waals surface area contributed by atoms with Gasteiger partial charge in [-0.05, 0) is 37.5 Å². The van der Waals surface area contributed by atoms with Crippen LogP contribution in [0.25, 0.3) is 0 Å². The lowest BCUT2D eigenvalue weighted by Crippen LogP contribution is -2.42. The van der Waals surface area contributed by atoms with Crippen molar-refractivity contribution in [2.45, 2.75) is 111 Å². The quantitative estimate of drug-likeness (QED) is 0.356. The van der Waals surface area contributed by atoms with Crippen LogP contribution in [0.2, 0.25) is 0 Å². The van der Waals surface area contributed by atoms with Crippen molar-refractivity contribution in [2.24, 2.45) is 17.8 Å². The summed E-state index contributed by atoms with van der Waals surface area (Å²) in [7, 11) is 0. The summed E-state index contributed by atoms with van der Waals surface area (Å²) in [6, 6.07) is 0. The number of carbonyl (C=O) groups excluding carboxylic acids is 1. The maximum absolute atomic E-state index is 13.3. The fraction of sp³-hybridized carbons (Fsp3) is 0.957. The van der Waals surface area contributed by atoms with Gasteiger partial charge in [-0.1, -0.05) is 85.5 Å². The van der Waals surface area contributed by atoms with E-state index in [1.54, 1.807) is 0 Å². The molecule has 0 saturated heterocycles. The standard InChI is InChI=1S/C23H45NO/c1-5-9-14-20(7-3)18-24(19-21(8-4)15-10-6-2)23(25)22-16-12-11-13-17-22/h20-22H,5-19H2,1-4H3. The smallest absolute Gasteiger partial charge is 0.225 e. The zero-order valence-electron chi connectivity index (χ0n) is 17.7. The molecule has 148 valence electrons. The molecular formula is C23H45NO. The van der Waals surface area contributed by atoms with E-state index >= 15 is 0 Å². The Morgan fingerprint density at radius 1 is 0.840 bits per heavy atom. The zero-order chi connectivity index (χ0) is 18.5. The molecule has 0 aromatic carbocycles. The zero-order valence-corrected chi connectivity index (χ0v) is 17.7. The van der Waals surface area contributed by atoms with Crippen molar-refractivity contribution >= 4 is 5.91 Å². The van der Waals surface area contributed by atoms with Gasteiger partial charge in [0.15, 0.2) is 0 Å². The van der Waals surface area contributed by atoms with E-state index in [2.05, 4.69) is 32.6 Å². The first-order valence-corrected chi connectivity index (χ1v) is 11.4. The van der Waals surface area contributed by atoms with Gasteiger partial charge in [-0.25, -0.2) is 0 Å². The fourth-order valence-electron chi connectivity index (χ4n) is 4.32. The van der Waals surface area contributed by atoms with Crippen molar-refractivity contribution in [2.75, 3.05) is 13.1 Å². The molecule has 0 aromatic heterocycles. The number of carbonyl (C=O) groups is 1. The van der Waals surface area contributed by atoms with E-state index in [0.29, 0.717) is 23.7 Å². The Labute approximate surface area is 158 Å². The minimum absolute atomic E-state index is 0.320. The Kier molecular flexibility index (Phi) is 12.3. The third-order valence-corrected chi connectivity index (χ3v) is 6.31. The second-order valence-corrected chi connectivity index (χ2v) is 8.41. The number of amides is 1. The van der Waals surface area contributed by atoms with Crippen LogP contribution < -0.4 is 0 Å². The van der Waals surface area contributed by atoms with Crippen LogP contribution in [0.3, 0.4) is 0 Å². The van der Waals surface area contributed by atoms with Gasteiger partial charge < -0.3 is 4.90 Å². The van der Waals surface area contributed by atoms with E-state index in [9.17, 15) is 4.79 Å². The van der Waals surface area contributed by atoms with Crippen molar-refractivity contribution in [3.63, 3.8) is 0 Å². The monoisotopic (exact) mass is 351 g/mol. The topological polar surface area (TPSA) is 20.3 Å². The molecule has 0 bridgehead atoms. The van der Waals surface area contributed by atoms with E-state index in [0.717, 1.165) is 25.9 Å². The second-order valence-electron chi connectivity index (χ2n) is 8.41. The summed E-state index contributed by atoms with van der Waals surface area (Å²) < 4.78 is 0. The molecule has 0 N–H and O–H groups in total. The third kappa shape index (κ3) is 8.60. The minimum Gasteiger partial charge on any atom is -0.342 e. The molecule has 1 rings (SSSR count). The number of unbranched alkanes of at least 4 members (excludes halogenated alkanes) is 2. The molecule has 25 heavy (non-hydrogen) atoms. The van der Waals surface area contributed by atoms with Crippen LogP contribution in [0.15, 0.2) is 0 Å². The normalized spacial score (nSPS) is 18.1. The van der Waals surface area contributed by atoms with Gasteiger partial charge in [0.1, 0.15) is 0 Å². The molecular weight excluding hydrogens is 306 g/mol. The third-order valence-electron chi connectivity index (χ3n) is 6.31. The Morgan fingerprint density at radius 3 is 1.72 bits per heavy atom. The highest BCUT2D eigenvalue weighted by Gasteiger charge is 2.28. The van der Waals surface area contributed by atoms with E-state index in [-0.39, 0.29) is 0 Å². The molecule has 0 radical (unpaired) electrons. The maximum atomic E-state index is 13.3. The van der Waals surface area contributed by atoms with E-state index in [4.69, 9.17) is 0 Å². The SMILES string of the molecule is CCCCC(CC)CN(CC(CC)CCCC)C(=O)C1CCCCC1. The maximum Gasteiger partial charge on any atom is 0.225 e. The summed E-state index contributed by atoms with van der Waals surface area (Å²) in [5.74, 6) is 2.19. The molecule has 2 nitrogen and oxygen atoms in total. The van der Waals surface area contributed by atoms with Crippen molar-refractivity contribution in [1.29, 1.82) is 0 Å². The van der Waals surface area contributed by atoms with Gasteiger partial charge in [-0.2, -0.15) is 0 Å². The van der Waals surface area contributed by atoms with Crippen LogP contribution in [-0.4, -0.2) is 23.9 Å². The molecule has 2 heteroatoms. The van der Waals surface area contributed by atoms with Gasteiger partial charge >= 0.3 is 0 Å². The van der Waals surface area contributed by atoms with Gasteiger partial charge in [0.05, 0.1) is 0 Å². The number of hydrogen-bond acceptors (Lipinski definition) is 1. The van der Waals surface area contributed by atoms with Gasteiger partial charge in [-0.3, -0.25) is 4.79 Å². The first-order chi connectivity index (χ1) is 12.2. The lowest BCUT2D eigenvalue weighted by molar-refractivity contribution is -0.138. The van der Waals surface area contributed by atoms with E-state index in [1.807, 2.05) is 0 Å². The second kappa shape index (κ2) is 13.6. The summed E-state index contributed by atoms with van der Waals surface area (Å²) in [5.41, 5.74) is 0. The molecule has 0 spiro atoms. The predicted octanol–water partition coefficient (Wildman–Crippen LogP) is 6.83. The molecule has 1 fully saturated rings. The molecule has 0 aliphatic heterocycles. The van der Waals surface area contributed by atoms with Crippen LogP contribution in [-0.2, 0) is 4.79 Å². The van der Waals surface area contributed by atoms with Gasteiger partial charge in [-0.15, -0.1) is 0 Å². The van der Waals surface area contributed by atoms with Crippen LogP contribution >= 0.6 is 0 Å². The highest BCUT2D eigenvalue weighted by Crippen LogP contribution is 2.27. The Balaban J connectivity index is 2.74. The van der Waals surface area contributed by atoms with Crippen molar-refractivity contribution < 1.29 is 4.79 Å². The molecule has 1 amide bonds. The number of nitrogens with zero attached hydrogens (tertiary/aromatic N) is 1. The average molecular weight is 352 g/mol. The summed E-state index contributed by atoms with van der Waals surface area (Å²) in [5, 5.41) is 0. The molecule has 1 aliphatic rings. The Bertz CT molecular complexity index is 317. The highest BCUT2D eigenvalue weighted by molar-refractivity contribution is 5.79. The number of hydrogen-bond donors (Lipinski definition) is 0. The molecule has 1 saturated carbocycles. The van der Waals surface area contributed by atoms with Crippen molar-refractivity contribution in [3.8, 4) is 0 Å². The first kappa shape index (κ1) is 22.5. The lowest BCUT2D eigenvalue weighted by Gasteiger charge is -2.34. The van der Waals surface area contributed by atoms with Crippen LogP contribution in [0.4, 0.5) is 0 Å². The molecule has 2 atom stereocenters. The molecule has 0 heterocycles. The van der Waals surface area contributed by atoms with Gasteiger partial charge in [0.25, 0.3) is 0 Å². The van der Waals surface area contributed by atoms with Crippen molar-refractivity contribution in [3.05, 3.63) is 0 Å². The number of rotatable bonds is 13. The Morgan fingerprint density at radius 2 is 1.32 bits per heavy atom. The van der Waals surface area contributed by atoms with Gasteiger partial charge in [0, 0.05) is 19.0 Å². The Hall–Kier alpha value is -0.530. The molecule has 1 aliphatic carbocycles. The van der Waals surface area contributed by atoms with E-state index in [1.165, 1.54) is 70.6 Å². The molecule has 0 aromatic rings. The van der Waals surface area contributed by atoms with E-state index < -0.39 is 0 Å². The van der Waals surface area contributed by atoms with Crippen LogP contribution in [0, 0.1) is 17.8 Å². The van der Waals surface area contributed by atoms with Crippen LogP contribution in [0.1, 0.15) is 111 Å².